The Labute approximate surface area is 177 Å². The first-order valence-corrected chi connectivity index (χ1v) is 9.10. The molecule has 0 bridgehead atoms. The van der Waals surface area contributed by atoms with Crippen molar-refractivity contribution in [3.05, 3.63) is 56.8 Å². The zero-order valence-electron chi connectivity index (χ0n) is 14.8. The topological polar surface area (TPSA) is 89.6 Å². The number of amidine groups is 1. The normalized spacial score (nSPS) is 19.0. The van der Waals surface area contributed by atoms with Gasteiger partial charge in [0.05, 0.1) is 11.6 Å². The first-order valence-electron chi connectivity index (χ1n) is 7.93. The second-order valence-electron chi connectivity index (χ2n) is 6.37. The molecule has 1 aliphatic heterocycles. The van der Waals surface area contributed by atoms with E-state index in [2.05, 4.69) is 31.2 Å². The molecule has 27 heavy (non-hydrogen) atoms. The average Bonchev–Trinajstić information content (AvgIpc) is 2.53. The first-order chi connectivity index (χ1) is 12.3. The highest BCUT2D eigenvalue weighted by Crippen LogP contribution is 2.32. The summed E-state index contributed by atoms with van der Waals surface area (Å²) < 4.78 is 6.34. The van der Waals surface area contributed by atoms with Gasteiger partial charge in [-0.1, -0.05) is 27.5 Å². The van der Waals surface area contributed by atoms with E-state index in [1.807, 2.05) is 25.1 Å². The lowest BCUT2D eigenvalue weighted by Crippen LogP contribution is -2.37. The summed E-state index contributed by atoms with van der Waals surface area (Å²) >= 11 is 9.39. The molecule has 1 aliphatic rings. The number of carbonyl (C=O) groups is 1. The maximum atomic E-state index is 12.6. The Morgan fingerprint density at radius 1 is 1.37 bits per heavy atom. The summed E-state index contributed by atoms with van der Waals surface area (Å²) in [5, 5.41) is 3.36. The number of aryl methyl sites for hydroxylation is 1. The summed E-state index contributed by atoms with van der Waals surface area (Å²) in [6, 6.07) is 7.31. The molecule has 0 saturated heterocycles. The molecule has 1 aromatic carbocycles. The third kappa shape index (κ3) is 4.99. The molecule has 9 heteroatoms. The van der Waals surface area contributed by atoms with Gasteiger partial charge in [-0.05, 0) is 49.2 Å². The van der Waals surface area contributed by atoms with Crippen LogP contribution >= 0.6 is 39.9 Å². The van der Waals surface area contributed by atoms with E-state index >= 15 is 0 Å². The van der Waals surface area contributed by atoms with Crippen LogP contribution in [0.2, 0.25) is 5.02 Å². The molecular formula is C18H19BrCl2N4O2. The molecule has 3 rings (SSSR count). The van der Waals surface area contributed by atoms with E-state index in [1.165, 1.54) is 6.20 Å². The van der Waals surface area contributed by atoms with E-state index in [-0.39, 0.29) is 18.3 Å². The van der Waals surface area contributed by atoms with Crippen LogP contribution in [0.4, 0.5) is 5.69 Å². The van der Waals surface area contributed by atoms with Gasteiger partial charge in [-0.25, -0.2) is 4.98 Å². The maximum Gasteiger partial charge on any atom is 0.274 e. The van der Waals surface area contributed by atoms with E-state index in [0.717, 1.165) is 10.0 Å². The van der Waals surface area contributed by atoms with Crippen LogP contribution in [-0.4, -0.2) is 29.9 Å². The number of amides is 1. The molecule has 0 unspecified atom stereocenters. The molecule has 2 heterocycles. The highest BCUT2D eigenvalue weighted by Gasteiger charge is 2.30. The fraction of sp³-hybridized carbons (Fsp3) is 0.278. The number of nitrogens with two attached hydrogens (primary N) is 1. The molecule has 0 saturated carbocycles. The quantitative estimate of drug-likeness (QED) is 0.702. The number of halogens is 3. The van der Waals surface area contributed by atoms with Crippen molar-refractivity contribution in [2.24, 2.45) is 10.7 Å². The van der Waals surface area contributed by atoms with Crippen LogP contribution in [0.3, 0.4) is 0 Å². The van der Waals surface area contributed by atoms with Crippen molar-refractivity contribution in [2.75, 3.05) is 18.5 Å². The Morgan fingerprint density at radius 3 is 2.78 bits per heavy atom. The number of nitrogens with zero attached hydrogens (tertiary/aromatic N) is 2. The SMILES string of the molecule is Cc1cc(Cl)cnc1C(=O)Nc1cc(Br)cc([C@]2(C)COCC(N)=N2)c1.Cl. The largest absolute Gasteiger partial charge is 0.386 e. The highest BCUT2D eigenvalue weighted by atomic mass is 79.9. The van der Waals surface area contributed by atoms with Gasteiger partial charge in [0.2, 0.25) is 0 Å². The fourth-order valence-electron chi connectivity index (χ4n) is 2.82. The lowest BCUT2D eigenvalue weighted by molar-refractivity contribution is 0.102. The van der Waals surface area contributed by atoms with E-state index < -0.39 is 5.54 Å². The van der Waals surface area contributed by atoms with Crippen molar-refractivity contribution < 1.29 is 9.53 Å². The van der Waals surface area contributed by atoms with Crippen LogP contribution in [0.1, 0.15) is 28.5 Å². The second-order valence-corrected chi connectivity index (χ2v) is 7.72. The summed E-state index contributed by atoms with van der Waals surface area (Å²) in [6.07, 6.45) is 1.45. The minimum absolute atomic E-state index is 0. The van der Waals surface area contributed by atoms with Crippen LogP contribution < -0.4 is 11.1 Å². The lowest BCUT2D eigenvalue weighted by atomic mass is 9.92. The van der Waals surface area contributed by atoms with Crippen LogP contribution in [0.15, 0.2) is 39.9 Å². The summed E-state index contributed by atoms with van der Waals surface area (Å²) in [5.74, 6) is 0.140. The van der Waals surface area contributed by atoms with Gasteiger partial charge in [0, 0.05) is 16.4 Å². The van der Waals surface area contributed by atoms with Gasteiger partial charge in [0.25, 0.3) is 5.91 Å². The molecule has 144 valence electrons. The summed E-state index contributed by atoms with van der Waals surface area (Å²) in [6.45, 7) is 4.47. The number of aliphatic imine (C=N–C) groups is 1. The van der Waals surface area contributed by atoms with Gasteiger partial charge in [-0.3, -0.25) is 9.79 Å². The number of aromatic nitrogens is 1. The smallest absolute Gasteiger partial charge is 0.274 e. The monoisotopic (exact) mass is 472 g/mol. The van der Waals surface area contributed by atoms with Gasteiger partial charge >= 0.3 is 0 Å². The van der Waals surface area contributed by atoms with Crippen LogP contribution in [0.5, 0.6) is 0 Å². The average molecular weight is 474 g/mol. The predicted octanol–water partition coefficient (Wildman–Crippen LogP) is 4.08. The Kier molecular flexibility index (Phi) is 6.86. The van der Waals surface area contributed by atoms with Gasteiger partial charge in [-0.2, -0.15) is 0 Å². The van der Waals surface area contributed by atoms with Crippen LogP contribution in [-0.2, 0) is 10.3 Å². The first kappa shape index (κ1) is 21.6. The summed E-state index contributed by atoms with van der Waals surface area (Å²) in [4.78, 5) is 21.2. The molecule has 1 aromatic heterocycles. The number of benzene rings is 1. The zero-order valence-corrected chi connectivity index (χ0v) is 17.9. The Hall–Kier alpha value is -1.67. The Morgan fingerprint density at radius 2 is 2.11 bits per heavy atom. The number of rotatable bonds is 3. The number of hydrogen-bond donors (Lipinski definition) is 2. The number of carbonyl (C=O) groups excluding carboxylic acids is 1. The molecular weight excluding hydrogens is 455 g/mol. The molecule has 0 radical (unpaired) electrons. The second kappa shape index (κ2) is 8.56. The molecule has 1 amide bonds. The molecule has 2 aromatic rings. The Balaban J connectivity index is 0.00000261. The Bertz CT molecular complexity index is 907. The van der Waals surface area contributed by atoms with Crippen molar-refractivity contribution in [3.63, 3.8) is 0 Å². The maximum absolute atomic E-state index is 12.6. The molecule has 0 fully saturated rings. The number of anilines is 1. The van der Waals surface area contributed by atoms with Crippen LogP contribution in [0.25, 0.3) is 0 Å². The molecule has 0 spiro atoms. The number of hydrogen-bond acceptors (Lipinski definition) is 5. The van der Waals surface area contributed by atoms with Crippen molar-refractivity contribution in [3.8, 4) is 0 Å². The van der Waals surface area contributed by atoms with E-state index in [0.29, 0.717) is 41.0 Å². The third-order valence-corrected chi connectivity index (χ3v) is 4.73. The number of nitrogens with one attached hydrogen (secondary N) is 1. The van der Waals surface area contributed by atoms with Gasteiger partial charge < -0.3 is 15.8 Å². The standard InChI is InChI=1S/C18H18BrClN4O2.ClH/c1-10-3-13(20)7-22-16(10)17(25)23-14-5-11(4-12(19)6-14)18(2)9-26-8-15(21)24-18;/h3-7H,8-9H2,1-2H3,(H2,21,24)(H,23,25);1H/t18-;/m0./s1. The molecule has 6 nitrogen and oxygen atoms in total. The summed E-state index contributed by atoms with van der Waals surface area (Å²) in [5.41, 5.74) is 7.75. The molecule has 0 aliphatic carbocycles. The van der Waals surface area contributed by atoms with Gasteiger partial charge in [-0.15, -0.1) is 12.4 Å². The molecule has 1 atom stereocenters. The van der Waals surface area contributed by atoms with E-state index in [1.54, 1.807) is 13.0 Å². The number of pyridine rings is 1. The highest BCUT2D eigenvalue weighted by molar-refractivity contribution is 9.10. The lowest BCUT2D eigenvalue weighted by Gasteiger charge is -2.30. The molecule has 3 N–H and O–H groups in total. The minimum atomic E-state index is -0.611. The minimum Gasteiger partial charge on any atom is -0.386 e. The van der Waals surface area contributed by atoms with Crippen molar-refractivity contribution in [1.82, 2.24) is 4.98 Å². The summed E-state index contributed by atoms with van der Waals surface area (Å²) in [7, 11) is 0. The van der Waals surface area contributed by atoms with E-state index in [9.17, 15) is 4.79 Å². The fourth-order valence-corrected chi connectivity index (χ4v) is 3.53. The van der Waals surface area contributed by atoms with Gasteiger partial charge in [0.1, 0.15) is 23.7 Å². The van der Waals surface area contributed by atoms with Gasteiger partial charge in [0.15, 0.2) is 0 Å². The zero-order chi connectivity index (χ0) is 18.9. The third-order valence-electron chi connectivity index (χ3n) is 4.06. The van der Waals surface area contributed by atoms with Crippen molar-refractivity contribution in [1.29, 1.82) is 0 Å². The predicted molar refractivity (Wildman–Crippen MR) is 113 cm³/mol. The van der Waals surface area contributed by atoms with E-state index in [4.69, 9.17) is 22.1 Å². The van der Waals surface area contributed by atoms with Crippen LogP contribution in [0, 0.1) is 6.92 Å². The van der Waals surface area contributed by atoms with Crippen molar-refractivity contribution in [2.45, 2.75) is 19.4 Å². The van der Waals surface area contributed by atoms with Crippen molar-refractivity contribution >= 4 is 57.4 Å². The number of ether oxygens (including phenoxy) is 1.